The molecule has 2 amide bonds. The Morgan fingerprint density at radius 2 is 1.71 bits per heavy atom. The zero-order chi connectivity index (χ0) is 19.9. The molecule has 3 rings (SSSR count). The van der Waals surface area contributed by atoms with E-state index in [1.807, 2.05) is 13.8 Å². The highest BCUT2D eigenvalue weighted by Crippen LogP contribution is 2.17. The van der Waals surface area contributed by atoms with Gasteiger partial charge in [-0.15, -0.1) is 0 Å². The second-order valence-electron chi connectivity index (χ2n) is 6.76. The first-order valence-electron chi connectivity index (χ1n) is 9.06. The number of nitrogens with one attached hydrogen (secondary N) is 2. The van der Waals surface area contributed by atoms with Gasteiger partial charge in [0.15, 0.2) is 5.76 Å². The van der Waals surface area contributed by atoms with Crippen LogP contribution >= 0.6 is 0 Å². The van der Waals surface area contributed by atoms with Crippen LogP contribution in [0.3, 0.4) is 0 Å². The van der Waals surface area contributed by atoms with Crippen molar-refractivity contribution in [3.63, 3.8) is 0 Å². The average molecular weight is 382 g/mol. The topological polar surface area (TPSA) is 110 Å². The standard InChI is InChI=1S/C20H22N4O4/c1-13(2)12-18(26)22-15-7-5-14(6-8-15)21-17(25)9-10-19-23-20(24-28-19)16-4-3-11-27-16/h3-8,11,13H,9-10,12H2,1-2H3,(H,21,25)(H,22,26). The van der Waals surface area contributed by atoms with Gasteiger partial charge in [-0.25, -0.2) is 0 Å². The lowest BCUT2D eigenvalue weighted by Crippen LogP contribution is -2.14. The summed E-state index contributed by atoms with van der Waals surface area (Å²) in [5.41, 5.74) is 1.34. The first kappa shape index (κ1) is 19.3. The van der Waals surface area contributed by atoms with Crippen molar-refractivity contribution in [1.29, 1.82) is 0 Å². The Morgan fingerprint density at radius 3 is 2.32 bits per heavy atom. The summed E-state index contributed by atoms with van der Waals surface area (Å²) in [7, 11) is 0. The molecule has 2 heterocycles. The molecule has 0 aliphatic rings. The number of amides is 2. The molecule has 8 heteroatoms. The molecule has 0 unspecified atom stereocenters. The first-order valence-corrected chi connectivity index (χ1v) is 9.06. The van der Waals surface area contributed by atoms with Crippen molar-refractivity contribution in [2.75, 3.05) is 10.6 Å². The Bertz CT molecular complexity index is 914. The summed E-state index contributed by atoms with van der Waals surface area (Å²) in [6.07, 6.45) is 2.52. The minimum atomic E-state index is -0.172. The number of carbonyl (C=O) groups excluding carboxylic acids is 2. The molecule has 1 aromatic carbocycles. The normalized spacial score (nSPS) is 10.8. The van der Waals surface area contributed by atoms with Crippen LogP contribution in [0.25, 0.3) is 11.6 Å². The van der Waals surface area contributed by atoms with Crippen molar-refractivity contribution in [1.82, 2.24) is 10.1 Å². The number of aromatic nitrogens is 2. The molecule has 0 fully saturated rings. The molecule has 0 bridgehead atoms. The number of nitrogens with zero attached hydrogens (tertiary/aromatic N) is 2. The molecule has 2 aromatic heterocycles. The van der Waals surface area contributed by atoms with Gasteiger partial charge in [0.05, 0.1) is 6.26 Å². The van der Waals surface area contributed by atoms with Gasteiger partial charge in [-0.1, -0.05) is 19.0 Å². The summed E-state index contributed by atoms with van der Waals surface area (Å²) in [5.74, 6) is 1.34. The third-order valence-corrected chi connectivity index (χ3v) is 3.82. The predicted molar refractivity (Wildman–Crippen MR) is 103 cm³/mol. The van der Waals surface area contributed by atoms with Gasteiger partial charge in [-0.3, -0.25) is 9.59 Å². The van der Waals surface area contributed by atoms with Crippen molar-refractivity contribution in [3.05, 3.63) is 48.6 Å². The molecule has 3 aromatic rings. The number of rotatable bonds is 8. The Kier molecular flexibility index (Phi) is 6.21. The quantitative estimate of drug-likeness (QED) is 0.612. The lowest BCUT2D eigenvalue weighted by atomic mass is 10.1. The highest BCUT2D eigenvalue weighted by atomic mass is 16.5. The van der Waals surface area contributed by atoms with E-state index in [9.17, 15) is 9.59 Å². The Labute approximate surface area is 162 Å². The van der Waals surface area contributed by atoms with Gasteiger partial charge in [-0.2, -0.15) is 4.98 Å². The van der Waals surface area contributed by atoms with Gasteiger partial charge in [-0.05, 0) is 42.3 Å². The van der Waals surface area contributed by atoms with Crippen LogP contribution in [-0.4, -0.2) is 22.0 Å². The molecule has 146 valence electrons. The average Bonchev–Trinajstić information content (AvgIpc) is 3.32. The Balaban J connectivity index is 1.46. The first-order chi connectivity index (χ1) is 13.5. The monoisotopic (exact) mass is 382 g/mol. The van der Waals surface area contributed by atoms with Gasteiger partial charge < -0.3 is 19.6 Å². The molecule has 0 saturated heterocycles. The molecule has 0 atom stereocenters. The van der Waals surface area contributed by atoms with E-state index in [1.165, 1.54) is 6.26 Å². The summed E-state index contributed by atoms with van der Waals surface area (Å²) in [4.78, 5) is 28.1. The van der Waals surface area contributed by atoms with Crippen LogP contribution in [-0.2, 0) is 16.0 Å². The fourth-order valence-corrected chi connectivity index (χ4v) is 2.53. The largest absolute Gasteiger partial charge is 0.461 e. The zero-order valence-corrected chi connectivity index (χ0v) is 15.8. The molecule has 0 spiro atoms. The minimum Gasteiger partial charge on any atom is -0.461 e. The fourth-order valence-electron chi connectivity index (χ4n) is 2.53. The molecular weight excluding hydrogens is 360 g/mol. The molecule has 0 aliphatic heterocycles. The SMILES string of the molecule is CC(C)CC(=O)Nc1ccc(NC(=O)CCc2nc(-c3ccco3)no2)cc1. The Morgan fingerprint density at radius 1 is 1.04 bits per heavy atom. The summed E-state index contributed by atoms with van der Waals surface area (Å²) in [5, 5.41) is 9.45. The van der Waals surface area contributed by atoms with E-state index in [1.54, 1.807) is 36.4 Å². The van der Waals surface area contributed by atoms with Gasteiger partial charge in [0.2, 0.25) is 23.5 Å². The van der Waals surface area contributed by atoms with Crippen LogP contribution in [0.15, 0.2) is 51.6 Å². The minimum absolute atomic E-state index is 0.0275. The number of aryl methyl sites for hydroxylation is 1. The van der Waals surface area contributed by atoms with Crippen molar-refractivity contribution in [2.24, 2.45) is 5.92 Å². The molecule has 0 radical (unpaired) electrons. The highest BCUT2D eigenvalue weighted by molar-refractivity contribution is 5.93. The number of anilines is 2. The predicted octanol–water partition coefficient (Wildman–Crippen LogP) is 3.89. The fraction of sp³-hybridized carbons (Fsp3) is 0.300. The van der Waals surface area contributed by atoms with E-state index in [-0.39, 0.29) is 18.2 Å². The van der Waals surface area contributed by atoms with Crippen LogP contribution in [0.4, 0.5) is 11.4 Å². The number of furan rings is 1. The number of hydrogen-bond donors (Lipinski definition) is 2. The summed E-state index contributed by atoms with van der Waals surface area (Å²) >= 11 is 0. The van der Waals surface area contributed by atoms with E-state index in [0.717, 1.165) is 0 Å². The van der Waals surface area contributed by atoms with Crippen LogP contribution in [0, 0.1) is 5.92 Å². The lowest BCUT2D eigenvalue weighted by molar-refractivity contribution is -0.117. The zero-order valence-electron chi connectivity index (χ0n) is 15.8. The van der Waals surface area contributed by atoms with Gasteiger partial charge in [0.25, 0.3) is 0 Å². The van der Waals surface area contributed by atoms with Crippen LogP contribution < -0.4 is 10.6 Å². The molecular formula is C20H22N4O4. The third-order valence-electron chi connectivity index (χ3n) is 3.82. The maximum Gasteiger partial charge on any atom is 0.238 e. The van der Waals surface area contributed by atoms with E-state index in [2.05, 4.69) is 20.8 Å². The number of carbonyl (C=O) groups is 2. The van der Waals surface area contributed by atoms with Crippen molar-refractivity contribution >= 4 is 23.2 Å². The number of benzene rings is 1. The number of hydrogen-bond acceptors (Lipinski definition) is 6. The summed E-state index contributed by atoms with van der Waals surface area (Å²) < 4.78 is 10.3. The maximum absolute atomic E-state index is 12.1. The molecule has 28 heavy (non-hydrogen) atoms. The summed E-state index contributed by atoms with van der Waals surface area (Å²) in [6, 6.07) is 10.5. The van der Waals surface area contributed by atoms with Crippen molar-refractivity contribution in [3.8, 4) is 11.6 Å². The van der Waals surface area contributed by atoms with E-state index < -0.39 is 0 Å². The van der Waals surface area contributed by atoms with E-state index in [0.29, 0.717) is 47.6 Å². The van der Waals surface area contributed by atoms with E-state index in [4.69, 9.17) is 8.94 Å². The van der Waals surface area contributed by atoms with Crippen molar-refractivity contribution < 1.29 is 18.5 Å². The summed E-state index contributed by atoms with van der Waals surface area (Å²) in [6.45, 7) is 3.98. The van der Waals surface area contributed by atoms with Gasteiger partial charge in [0, 0.05) is 30.6 Å². The van der Waals surface area contributed by atoms with Crippen LogP contribution in [0.5, 0.6) is 0 Å². The molecule has 0 saturated carbocycles. The second-order valence-corrected chi connectivity index (χ2v) is 6.76. The Hall–Kier alpha value is -3.42. The van der Waals surface area contributed by atoms with Crippen LogP contribution in [0.2, 0.25) is 0 Å². The third kappa shape index (κ3) is 5.54. The van der Waals surface area contributed by atoms with Gasteiger partial charge in [0.1, 0.15) is 0 Å². The van der Waals surface area contributed by atoms with Gasteiger partial charge >= 0.3 is 0 Å². The molecule has 0 aliphatic carbocycles. The molecule has 2 N–H and O–H groups in total. The smallest absolute Gasteiger partial charge is 0.238 e. The second kappa shape index (κ2) is 8.98. The molecule has 8 nitrogen and oxygen atoms in total. The highest BCUT2D eigenvalue weighted by Gasteiger charge is 2.12. The van der Waals surface area contributed by atoms with Crippen LogP contribution in [0.1, 0.15) is 32.6 Å². The van der Waals surface area contributed by atoms with Crippen molar-refractivity contribution in [2.45, 2.75) is 33.1 Å². The lowest BCUT2D eigenvalue weighted by Gasteiger charge is -2.09. The van der Waals surface area contributed by atoms with E-state index >= 15 is 0 Å². The maximum atomic E-state index is 12.1.